The zero-order valence-corrected chi connectivity index (χ0v) is 25.4. The van der Waals surface area contributed by atoms with E-state index in [0.29, 0.717) is 23.4 Å². The predicted molar refractivity (Wildman–Crippen MR) is 161 cm³/mol. The van der Waals surface area contributed by atoms with Crippen LogP contribution in [0.4, 0.5) is 5.69 Å². The standard InChI is InChI=1S/C14H17N3O3.C10H9BrN2O.C4H9NO2/c1-4-9-7-12(18)17-8-10(5-6-11(17)15-9)16-14(2,3)13(19)20;1-2-8-5-10(14)13-6-7(11)3-4-9(13)12-8;1-4(2,5)3(6)7/h5-8,16H,4H2,1-3H3,(H,19,20);3-6H,2H2,1H3;5H2,1-2H3,(H,6,7). The van der Waals surface area contributed by atoms with Gasteiger partial charge in [0, 0.05) is 40.4 Å². The number of rotatable bonds is 6. The van der Waals surface area contributed by atoms with E-state index in [2.05, 4.69) is 31.2 Å². The van der Waals surface area contributed by atoms with Gasteiger partial charge in [-0.3, -0.25) is 23.2 Å². The van der Waals surface area contributed by atoms with Crippen LogP contribution in [-0.4, -0.2) is 52.0 Å². The lowest BCUT2D eigenvalue weighted by molar-refractivity contribution is -0.142. The van der Waals surface area contributed by atoms with Crippen molar-refractivity contribution in [2.24, 2.45) is 5.73 Å². The van der Waals surface area contributed by atoms with Gasteiger partial charge < -0.3 is 21.3 Å². The Morgan fingerprint density at radius 1 is 0.854 bits per heavy atom. The van der Waals surface area contributed by atoms with Gasteiger partial charge in [-0.05, 0) is 80.7 Å². The lowest BCUT2D eigenvalue weighted by Gasteiger charge is -2.22. The van der Waals surface area contributed by atoms with E-state index in [1.807, 2.05) is 26.0 Å². The Labute approximate surface area is 245 Å². The molecule has 0 amide bonds. The van der Waals surface area contributed by atoms with Crippen LogP contribution >= 0.6 is 15.9 Å². The number of anilines is 1. The highest BCUT2D eigenvalue weighted by molar-refractivity contribution is 9.10. The van der Waals surface area contributed by atoms with Crippen LogP contribution < -0.4 is 22.2 Å². The third kappa shape index (κ3) is 9.22. The van der Waals surface area contributed by atoms with E-state index in [4.69, 9.17) is 15.9 Å². The van der Waals surface area contributed by atoms with Crippen LogP contribution in [0.5, 0.6) is 0 Å². The van der Waals surface area contributed by atoms with Crippen molar-refractivity contribution in [1.29, 1.82) is 0 Å². The predicted octanol–water partition coefficient (Wildman–Crippen LogP) is 3.36. The third-order valence-corrected chi connectivity index (χ3v) is 6.13. The molecule has 4 aromatic heterocycles. The molecule has 12 nitrogen and oxygen atoms in total. The Hall–Kier alpha value is -4.10. The quantitative estimate of drug-likeness (QED) is 0.246. The molecule has 0 bridgehead atoms. The zero-order chi connectivity index (χ0) is 31.1. The van der Waals surface area contributed by atoms with Crippen LogP contribution in [0.2, 0.25) is 0 Å². The minimum atomic E-state index is -1.12. The van der Waals surface area contributed by atoms with E-state index in [-0.39, 0.29) is 11.1 Å². The van der Waals surface area contributed by atoms with Crippen molar-refractivity contribution in [3.8, 4) is 0 Å². The van der Waals surface area contributed by atoms with E-state index in [1.165, 1.54) is 28.7 Å². The van der Waals surface area contributed by atoms with Crippen molar-refractivity contribution in [3.05, 3.63) is 85.4 Å². The highest BCUT2D eigenvalue weighted by atomic mass is 79.9. The molecule has 0 saturated heterocycles. The second-order valence-corrected chi connectivity index (χ2v) is 11.1. The van der Waals surface area contributed by atoms with Gasteiger partial charge in [0.15, 0.2) is 0 Å². The molecule has 0 unspecified atom stereocenters. The first-order valence-corrected chi connectivity index (χ1v) is 13.5. The maximum Gasteiger partial charge on any atom is 0.328 e. The molecular formula is C28H35BrN6O6. The number of halogens is 1. The lowest BCUT2D eigenvalue weighted by atomic mass is 10.1. The van der Waals surface area contributed by atoms with Gasteiger partial charge in [-0.1, -0.05) is 13.8 Å². The summed E-state index contributed by atoms with van der Waals surface area (Å²) in [5.74, 6) is -1.95. The van der Waals surface area contributed by atoms with E-state index >= 15 is 0 Å². The van der Waals surface area contributed by atoms with Crippen molar-refractivity contribution in [3.63, 3.8) is 0 Å². The molecule has 0 saturated carbocycles. The Balaban J connectivity index is 0.000000242. The second-order valence-electron chi connectivity index (χ2n) is 10.2. The average Bonchev–Trinajstić information content (AvgIpc) is 2.89. The number of aliphatic carboxylic acids is 2. The molecule has 13 heteroatoms. The van der Waals surface area contributed by atoms with Crippen molar-refractivity contribution in [2.75, 3.05) is 5.32 Å². The minimum absolute atomic E-state index is 0.0341. The summed E-state index contributed by atoms with van der Waals surface area (Å²) in [5, 5.41) is 20.1. The molecule has 0 aliphatic carbocycles. The summed E-state index contributed by atoms with van der Waals surface area (Å²) in [7, 11) is 0. The minimum Gasteiger partial charge on any atom is -0.480 e. The van der Waals surface area contributed by atoms with Gasteiger partial charge in [0.1, 0.15) is 22.4 Å². The Morgan fingerprint density at radius 3 is 1.71 bits per heavy atom. The summed E-state index contributed by atoms with van der Waals surface area (Å²) in [6.45, 7) is 9.91. The Bertz CT molecular complexity index is 1670. The van der Waals surface area contributed by atoms with Crippen molar-refractivity contribution >= 4 is 44.9 Å². The molecule has 0 spiro atoms. The number of hydrogen-bond acceptors (Lipinski definition) is 8. The molecule has 5 N–H and O–H groups in total. The van der Waals surface area contributed by atoms with E-state index < -0.39 is 23.0 Å². The number of nitrogens with one attached hydrogen (secondary N) is 1. The highest BCUT2D eigenvalue weighted by Crippen LogP contribution is 2.16. The van der Waals surface area contributed by atoms with Crippen molar-refractivity contribution in [2.45, 2.75) is 65.5 Å². The van der Waals surface area contributed by atoms with Gasteiger partial charge in [-0.15, -0.1) is 0 Å². The summed E-state index contributed by atoms with van der Waals surface area (Å²) in [6, 6.07) is 10.2. The third-order valence-electron chi connectivity index (χ3n) is 5.66. The van der Waals surface area contributed by atoms with E-state index in [0.717, 1.165) is 22.3 Å². The number of carboxylic acids is 2. The van der Waals surface area contributed by atoms with Crippen LogP contribution in [0.15, 0.2) is 62.9 Å². The molecule has 0 aromatic carbocycles. The van der Waals surface area contributed by atoms with Gasteiger partial charge in [0.05, 0.1) is 5.69 Å². The molecule has 0 aliphatic heterocycles. The highest BCUT2D eigenvalue weighted by Gasteiger charge is 2.26. The zero-order valence-electron chi connectivity index (χ0n) is 23.8. The molecule has 0 radical (unpaired) electrons. The summed E-state index contributed by atoms with van der Waals surface area (Å²) >= 11 is 3.31. The normalized spacial score (nSPS) is 11.2. The first-order chi connectivity index (χ1) is 19.0. The van der Waals surface area contributed by atoms with Gasteiger partial charge in [0.25, 0.3) is 11.1 Å². The van der Waals surface area contributed by atoms with E-state index in [1.54, 1.807) is 44.4 Å². The maximum absolute atomic E-state index is 12.0. The number of fused-ring (bicyclic) bond motifs is 2. The number of nitrogens with zero attached hydrogens (tertiary/aromatic N) is 4. The number of carbonyl (C=O) groups is 2. The Morgan fingerprint density at radius 2 is 1.29 bits per heavy atom. The van der Waals surface area contributed by atoms with Crippen molar-refractivity contribution in [1.82, 2.24) is 18.8 Å². The van der Waals surface area contributed by atoms with Crippen molar-refractivity contribution < 1.29 is 19.8 Å². The summed E-state index contributed by atoms with van der Waals surface area (Å²) in [6.07, 6.45) is 4.76. The summed E-state index contributed by atoms with van der Waals surface area (Å²) in [5.41, 5.74) is 6.03. The fourth-order valence-corrected chi connectivity index (χ4v) is 3.47. The van der Waals surface area contributed by atoms with Crippen LogP contribution in [0, 0.1) is 0 Å². The fourth-order valence-electron chi connectivity index (χ4n) is 3.13. The Kier molecular flexibility index (Phi) is 10.9. The molecule has 4 aromatic rings. The smallest absolute Gasteiger partial charge is 0.328 e. The number of aromatic nitrogens is 4. The summed E-state index contributed by atoms with van der Waals surface area (Å²) in [4.78, 5) is 53.3. The first-order valence-electron chi connectivity index (χ1n) is 12.7. The fraction of sp³-hybridized carbons (Fsp3) is 0.357. The molecule has 220 valence electrons. The number of carboxylic acid groups (broad SMARTS) is 2. The maximum atomic E-state index is 12.0. The first kappa shape index (κ1) is 33.1. The van der Waals surface area contributed by atoms with Crippen LogP contribution in [0.25, 0.3) is 11.3 Å². The number of nitrogens with two attached hydrogens (primary N) is 1. The number of aryl methyl sites for hydroxylation is 2. The SMILES string of the molecule is CC(C)(N)C(=O)O.CCc1cc(=O)n2cc(Br)ccc2n1.CCc1cc(=O)n2cc(NC(C)(C)C(=O)O)ccc2n1. The number of pyridine rings is 2. The largest absolute Gasteiger partial charge is 0.480 e. The second kappa shape index (κ2) is 13.5. The topological polar surface area (TPSA) is 181 Å². The van der Waals surface area contributed by atoms with Crippen LogP contribution in [0.3, 0.4) is 0 Å². The molecule has 4 heterocycles. The summed E-state index contributed by atoms with van der Waals surface area (Å²) < 4.78 is 3.81. The monoisotopic (exact) mass is 630 g/mol. The molecule has 0 aliphatic rings. The number of hydrogen-bond donors (Lipinski definition) is 4. The lowest BCUT2D eigenvalue weighted by Crippen LogP contribution is -2.41. The molecule has 4 rings (SSSR count). The molecule has 0 fully saturated rings. The van der Waals surface area contributed by atoms with Gasteiger partial charge >= 0.3 is 11.9 Å². The van der Waals surface area contributed by atoms with E-state index in [9.17, 15) is 19.2 Å². The molecular weight excluding hydrogens is 596 g/mol. The van der Waals surface area contributed by atoms with Gasteiger partial charge in [0.2, 0.25) is 0 Å². The van der Waals surface area contributed by atoms with Gasteiger partial charge in [-0.25, -0.2) is 14.8 Å². The van der Waals surface area contributed by atoms with Crippen LogP contribution in [-0.2, 0) is 22.4 Å². The van der Waals surface area contributed by atoms with Gasteiger partial charge in [-0.2, -0.15) is 0 Å². The van der Waals surface area contributed by atoms with Crippen LogP contribution in [0.1, 0.15) is 52.9 Å². The molecule has 41 heavy (non-hydrogen) atoms. The average molecular weight is 632 g/mol. The molecule has 0 atom stereocenters.